The molecule has 1 saturated heterocycles. The molecule has 3 N–H and O–H groups in total. The molecule has 2 aliphatic carbocycles. The Morgan fingerprint density at radius 2 is 2.12 bits per heavy atom. The number of likely N-dealkylation sites (tertiary alicyclic amines) is 1. The molecular formula is C20H25NO3. The van der Waals surface area contributed by atoms with E-state index >= 15 is 0 Å². The van der Waals surface area contributed by atoms with Gasteiger partial charge in [0, 0.05) is 29.5 Å². The molecule has 128 valence electrons. The van der Waals surface area contributed by atoms with Gasteiger partial charge in [-0.1, -0.05) is 31.2 Å². The van der Waals surface area contributed by atoms with Gasteiger partial charge in [-0.3, -0.25) is 4.90 Å². The second-order valence-electron chi connectivity index (χ2n) is 7.50. The number of hydrogen-bond donors (Lipinski definition) is 3. The molecular weight excluding hydrogens is 302 g/mol. The highest BCUT2D eigenvalue weighted by Crippen LogP contribution is 2.59. The average molecular weight is 327 g/mol. The van der Waals surface area contributed by atoms with Crippen LogP contribution < -0.4 is 0 Å². The van der Waals surface area contributed by atoms with Gasteiger partial charge in [0.2, 0.25) is 0 Å². The van der Waals surface area contributed by atoms with E-state index in [1.54, 1.807) is 6.07 Å². The van der Waals surface area contributed by atoms with E-state index in [-0.39, 0.29) is 28.7 Å². The number of aliphatic hydroxyl groups is 1. The van der Waals surface area contributed by atoms with Crippen LogP contribution in [0.3, 0.4) is 0 Å². The highest BCUT2D eigenvalue weighted by molar-refractivity contribution is 5.57. The minimum atomic E-state index is -0.527. The number of phenolic OH excluding ortho intramolecular Hbond substituents is 2. The zero-order valence-electron chi connectivity index (χ0n) is 14.0. The molecule has 0 spiro atoms. The summed E-state index contributed by atoms with van der Waals surface area (Å²) in [6, 6.07) is 3.85. The van der Waals surface area contributed by atoms with Crippen molar-refractivity contribution in [1.29, 1.82) is 0 Å². The van der Waals surface area contributed by atoms with Crippen LogP contribution in [0.25, 0.3) is 0 Å². The molecule has 4 rings (SSSR count). The van der Waals surface area contributed by atoms with Crippen molar-refractivity contribution >= 4 is 0 Å². The predicted octanol–water partition coefficient (Wildman–Crippen LogP) is 2.33. The minimum Gasteiger partial charge on any atom is -0.504 e. The SMILES string of the molecule is C=CCN1CC[C@@]23c4c(ccc(O)c4O)C[C@@H]1[C@@H]2C=C[C@H](O)[C@@H]3C. The third-order valence-corrected chi connectivity index (χ3v) is 6.63. The first-order valence-electron chi connectivity index (χ1n) is 8.76. The van der Waals surface area contributed by atoms with Crippen LogP contribution in [0.5, 0.6) is 11.5 Å². The van der Waals surface area contributed by atoms with E-state index in [4.69, 9.17) is 0 Å². The Hall–Kier alpha value is -1.78. The van der Waals surface area contributed by atoms with E-state index in [1.165, 1.54) is 0 Å². The average Bonchev–Trinajstić information content (AvgIpc) is 2.57. The van der Waals surface area contributed by atoms with Crippen molar-refractivity contribution in [1.82, 2.24) is 4.90 Å². The summed E-state index contributed by atoms with van der Waals surface area (Å²) >= 11 is 0. The van der Waals surface area contributed by atoms with Crippen LogP contribution in [0, 0.1) is 11.8 Å². The van der Waals surface area contributed by atoms with Gasteiger partial charge in [-0.25, -0.2) is 0 Å². The number of hydrogen-bond acceptors (Lipinski definition) is 4. The van der Waals surface area contributed by atoms with Gasteiger partial charge in [0.15, 0.2) is 11.5 Å². The Morgan fingerprint density at radius 3 is 2.88 bits per heavy atom. The Bertz CT molecular complexity index is 713. The molecule has 0 aromatic heterocycles. The number of rotatable bonds is 2. The van der Waals surface area contributed by atoms with E-state index in [0.717, 1.165) is 37.1 Å². The van der Waals surface area contributed by atoms with Gasteiger partial charge >= 0.3 is 0 Å². The number of phenols is 2. The van der Waals surface area contributed by atoms with Gasteiger partial charge in [0.05, 0.1) is 6.10 Å². The van der Waals surface area contributed by atoms with Gasteiger partial charge in [-0.2, -0.15) is 0 Å². The lowest BCUT2D eigenvalue weighted by molar-refractivity contribution is -0.0258. The van der Waals surface area contributed by atoms with Crippen molar-refractivity contribution in [2.45, 2.75) is 37.3 Å². The van der Waals surface area contributed by atoms with Crippen molar-refractivity contribution in [2.24, 2.45) is 11.8 Å². The summed E-state index contributed by atoms with van der Waals surface area (Å²) in [5.74, 6) is 0.157. The number of piperidine rings is 1. The molecule has 3 aliphatic rings. The van der Waals surface area contributed by atoms with Crippen LogP contribution in [-0.4, -0.2) is 45.5 Å². The number of aromatic hydroxyl groups is 2. The van der Waals surface area contributed by atoms with Gasteiger partial charge in [0.1, 0.15) is 0 Å². The topological polar surface area (TPSA) is 63.9 Å². The molecule has 5 atom stereocenters. The number of nitrogens with zero attached hydrogens (tertiary/aromatic N) is 1. The number of benzene rings is 1. The van der Waals surface area contributed by atoms with Crippen LogP contribution in [0.2, 0.25) is 0 Å². The van der Waals surface area contributed by atoms with Crippen molar-refractivity contribution in [3.05, 3.63) is 48.1 Å². The molecule has 0 unspecified atom stereocenters. The molecule has 4 nitrogen and oxygen atoms in total. The van der Waals surface area contributed by atoms with E-state index in [0.29, 0.717) is 6.04 Å². The molecule has 24 heavy (non-hydrogen) atoms. The fraction of sp³-hybridized carbons (Fsp3) is 0.500. The van der Waals surface area contributed by atoms with E-state index in [2.05, 4.69) is 24.5 Å². The quantitative estimate of drug-likeness (QED) is 0.576. The van der Waals surface area contributed by atoms with Gasteiger partial charge in [-0.15, -0.1) is 6.58 Å². The normalized spacial score (nSPS) is 37.6. The Labute approximate surface area is 142 Å². The number of fused-ring (bicyclic) bond motifs is 1. The monoisotopic (exact) mass is 327 g/mol. The minimum absolute atomic E-state index is 0.00229. The Kier molecular flexibility index (Phi) is 3.52. The molecule has 2 bridgehead atoms. The first-order valence-corrected chi connectivity index (χ1v) is 8.76. The Balaban J connectivity index is 1.96. The van der Waals surface area contributed by atoms with Crippen LogP contribution in [0.1, 0.15) is 24.5 Å². The van der Waals surface area contributed by atoms with Crippen LogP contribution in [0.4, 0.5) is 0 Å². The molecule has 1 aromatic rings. The fourth-order valence-electron chi connectivity index (χ4n) is 5.47. The second-order valence-corrected chi connectivity index (χ2v) is 7.50. The molecule has 4 heteroatoms. The first kappa shape index (κ1) is 15.7. The zero-order valence-corrected chi connectivity index (χ0v) is 14.0. The predicted molar refractivity (Wildman–Crippen MR) is 93.1 cm³/mol. The standard InChI is InChI=1S/C20H25NO3/c1-3-9-21-10-8-20-12(2)16(22)7-5-14(20)15(21)11-13-4-6-17(23)19(24)18(13)20/h3-7,12,14-16,22-24H,1,8-11H2,2H3/t12-,14-,15+,16-,20-/m0/s1. The van der Waals surface area contributed by atoms with Crippen molar-refractivity contribution in [3.8, 4) is 11.5 Å². The van der Waals surface area contributed by atoms with Crippen LogP contribution >= 0.6 is 0 Å². The van der Waals surface area contributed by atoms with E-state index in [1.807, 2.05) is 18.2 Å². The first-order chi connectivity index (χ1) is 11.5. The van der Waals surface area contributed by atoms with Crippen molar-refractivity contribution < 1.29 is 15.3 Å². The maximum atomic E-state index is 10.7. The summed E-state index contributed by atoms with van der Waals surface area (Å²) in [7, 11) is 0. The second kappa shape index (κ2) is 5.36. The molecule has 1 heterocycles. The third-order valence-electron chi connectivity index (χ3n) is 6.63. The highest BCUT2D eigenvalue weighted by Gasteiger charge is 2.58. The molecule has 1 fully saturated rings. The molecule has 0 saturated carbocycles. The fourth-order valence-corrected chi connectivity index (χ4v) is 5.47. The molecule has 1 aliphatic heterocycles. The largest absolute Gasteiger partial charge is 0.504 e. The highest BCUT2D eigenvalue weighted by atomic mass is 16.3. The summed E-state index contributed by atoms with van der Waals surface area (Å²) < 4.78 is 0. The summed E-state index contributed by atoms with van der Waals surface area (Å²) in [4.78, 5) is 2.46. The Morgan fingerprint density at radius 1 is 1.33 bits per heavy atom. The summed E-state index contributed by atoms with van der Waals surface area (Å²) in [5.41, 5.74) is 1.62. The van der Waals surface area contributed by atoms with Crippen LogP contribution in [0.15, 0.2) is 36.9 Å². The summed E-state index contributed by atoms with van der Waals surface area (Å²) in [6.07, 6.45) is 7.16. The van der Waals surface area contributed by atoms with E-state index < -0.39 is 6.10 Å². The smallest absolute Gasteiger partial charge is 0.161 e. The maximum Gasteiger partial charge on any atom is 0.161 e. The third kappa shape index (κ3) is 1.87. The molecule has 0 amide bonds. The van der Waals surface area contributed by atoms with E-state index in [9.17, 15) is 15.3 Å². The zero-order chi connectivity index (χ0) is 17.1. The van der Waals surface area contributed by atoms with Gasteiger partial charge in [-0.05, 0) is 36.9 Å². The van der Waals surface area contributed by atoms with Crippen molar-refractivity contribution in [2.75, 3.05) is 13.1 Å². The van der Waals surface area contributed by atoms with Crippen LogP contribution in [-0.2, 0) is 11.8 Å². The maximum absolute atomic E-state index is 10.7. The van der Waals surface area contributed by atoms with Crippen molar-refractivity contribution in [3.63, 3.8) is 0 Å². The lowest BCUT2D eigenvalue weighted by Crippen LogP contribution is -2.64. The molecule has 0 radical (unpaired) electrons. The molecule has 1 aromatic carbocycles. The van der Waals surface area contributed by atoms with Gasteiger partial charge in [0.25, 0.3) is 0 Å². The number of aliphatic hydroxyl groups excluding tert-OH is 1. The lowest BCUT2D eigenvalue weighted by atomic mass is 9.49. The summed E-state index contributed by atoms with van der Waals surface area (Å²) in [6.45, 7) is 7.71. The lowest BCUT2D eigenvalue weighted by Gasteiger charge is -2.60. The summed E-state index contributed by atoms with van der Waals surface area (Å²) in [5, 5.41) is 31.3. The van der Waals surface area contributed by atoms with Gasteiger partial charge < -0.3 is 15.3 Å².